The van der Waals surface area contributed by atoms with Crippen LogP contribution >= 0.6 is 0 Å². The van der Waals surface area contributed by atoms with Gasteiger partial charge in [0.2, 0.25) is 0 Å². The van der Waals surface area contributed by atoms with Gasteiger partial charge in [0.15, 0.2) is 23.2 Å². The molecule has 1 N–H and O–H groups in total. The number of carbonyl (C=O) groups is 1. The first-order valence-electron chi connectivity index (χ1n) is 6.28. The van der Waals surface area contributed by atoms with E-state index in [1.807, 2.05) is 0 Å². The van der Waals surface area contributed by atoms with Crippen LogP contribution in [0.15, 0.2) is 36.4 Å². The number of ether oxygens (including phenoxy) is 1. The van der Waals surface area contributed by atoms with Crippen molar-refractivity contribution in [2.45, 2.75) is 0 Å². The molecule has 3 nitrogen and oxygen atoms in total. The van der Waals surface area contributed by atoms with E-state index in [0.29, 0.717) is 6.07 Å². The molecule has 0 radical (unpaired) electrons. The van der Waals surface area contributed by atoms with Crippen LogP contribution in [0.4, 0.5) is 17.6 Å². The average molecular weight is 313 g/mol. The summed E-state index contributed by atoms with van der Waals surface area (Å²) in [6.07, 6.45) is 0. The van der Waals surface area contributed by atoms with Crippen molar-refractivity contribution in [3.63, 3.8) is 0 Å². The number of rotatable bonds is 5. The van der Waals surface area contributed by atoms with Gasteiger partial charge in [-0.3, -0.25) is 4.79 Å². The molecule has 0 aliphatic carbocycles. The van der Waals surface area contributed by atoms with Gasteiger partial charge in [-0.15, -0.1) is 0 Å². The molecule has 0 saturated carbocycles. The summed E-state index contributed by atoms with van der Waals surface area (Å²) in [4.78, 5) is 11.7. The maximum atomic E-state index is 13.3. The lowest BCUT2D eigenvalue weighted by Crippen LogP contribution is -2.28. The van der Waals surface area contributed by atoms with Gasteiger partial charge in [-0.1, -0.05) is 0 Å². The third-order valence-electron chi connectivity index (χ3n) is 2.72. The first kappa shape index (κ1) is 15.8. The Morgan fingerprint density at radius 3 is 2.41 bits per heavy atom. The second-order valence-corrected chi connectivity index (χ2v) is 4.31. The molecule has 0 aliphatic heterocycles. The van der Waals surface area contributed by atoms with Crippen molar-refractivity contribution >= 4 is 5.91 Å². The maximum Gasteiger partial charge on any atom is 0.251 e. The highest BCUT2D eigenvalue weighted by atomic mass is 19.2. The Morgan fingerprint density at radius 1 is 0.955 bits per heavy atom. The van der Waals surface area contributed by atoms with Crippen LogP contribution in [-0.2, 0) is 0 Å². The number of halogens is 4. The largest absolute Gasteiger partial charge is 0.489 e. The first-order valence-corrected chi connectivity index (χ1v) is 6.28. The fraction of sp³-hybridized carbons (Fsp3) is 0.133. The minimum absolute atomic E-state index is 0.00858. The zero-order valence-electron chi connectivity index (χ0n) is 11.2. The summed E-state index contributed by atoms with van der Waals surface area (Å²) in [6, 6.07) is 5.59. The Labute approximate surface area is 123 Å². The number of amides is 1. The number of benzene rings is 2. The Balaban J connectivity index is 1.83. The van der Waals surface area contributed by atoms with Gasteiger partial charge in [0, 0.05) is 11.6 Å². The fourth-order valence-corrected chi connectivity index (χ4v) is 1.66. The van der Waals surface area contributed by atoms with Crippen LogP contribution in [-0.4, -0.2) is 19.1 Å². The molecule has 0 saturated heterocycles. The van der Waals surface area contributed by atoms with Gasteiger partial charge in [0.05, 0.1) is 6.54 Å². The summed E-state index contributed by atoms with van der Waals surface area (Å²) in [6.45, 7) is -0.0629. The lowest BCUT2D eigenvalue weighted by Gasteiger charge is -2.08. The molecule has 22 heavy (non-hydrogen) atoms. The van der Waals surface area contributed by atoms with Crippen LogP contribution in [0.1, 0.15) is 10.4 Å². The molecular weight excluding hydrogens is 302 g/mol. The Hall–Kier alpha value is -2.57. The lowest BCUT2D eigenvalue weighted by atomic mass is 10.2. The Bertz CT molecular complexity index is 691. The van der Waals surface area contributed by atoms with Crippen molar-refractivity contribution in [1.29, 1.82) is 0 Å². The summed E-state index contributed by atoms with van der Waals surface area (Å²) in [5.74, 6) is -4.53. The van der Waals surface area contributed by atoms with Gasteiger partial charge >= 0.3 is 0 Å². The van der Waals surface area contributed by atoms with Gasteiger partial charge in [-0.05, 0) is 30.3 Å². The van der Waals surface area contributed by atoms with Crippen LogP contribution in [0, 0.1) is 23.3 Å². The number of hydrogen-bond donors (Lipinski definition) is 1. The van der Waals surface area contributed by atoms with E-state index < -0.39 is 29.2 Å². The van der Waals surface area contributed by atoms with Gasteiger partial charge in [0.25, 0.3) is 5.91 Å². The van der Waals surface area contributed by atoms with Gasteiger partial charge in [-0.25, -0.2) is 17.6 Å². The fourth-order valence-electron chi connectivity index (χ4n) is 1.66. The minimum atomic E-state index is -1.13. The van der Waals surface area contributed by atoms with E-state index >= 15 is 0 Å². The van der Waals surface area contributed by atoms with Crippen molar-refractivity contribution in [1.82, 2.24) is 5.32 Å². The van der Waals surface area contributed by atoms with E-state index in [9.17, 15) is 22.4 Å². The van der Waals surface area contributed by atoms with E-state index in [2.05, 4.69) is 5.32 Å². The predicted octanol–water partition coefficient (Wildman–Crippen LogP) is 3.05. The van der Waals surface area contributed by atoms with Crippen molar-refractivity contribution < 1.29 is 27.1 Å². The third kappa shape index (κ3) is 3.97. The van der Waals surface area contributed by atoms with E-state index in [4.69, 9.17) is 4.74 Å². The molecule has 0 unspecified atom stereocenters. The zero-order chi connectivity index (χ0) is 16.1. The van der Waals surface area contributed by atoms with Crippen LogP contribution < -0.4 is 10.1 Å². The van der Waals surface area contributed by atoms with Gasteiger partial charge in [-0.2, -0.15) is 0 Å². The first-order chi connectivity index (χ1) is 10.5. The minimum Gasteiger partial charge on any atom is -0.489 e. The summed E-state index contributed by atoms with van der Waals surface area (Å²) in [5, 5.41) is 2.40. The summed E-state index contributed by atoms with van der Waals surface area (Å²) < 4.78 is 56.7. The molecule has 1 amide bonds. The molecule has 116 valence electrons. The summed E-state index contributed by atoms with van der Waals surface area (Å²) in [7, 11) is 0. The normalized spacial score (nSPS) is 10.4. The standard InChI is InChI=1S/C15H11F4NO2/c16-10-2-4-14(13(19)8-10)22-6-5-20-15(21)9-1-3-11(17)12(18)7-9/h1-4,7-8H,5-6H2,(H,20,21). The zero-order valence-corrected chi connectivity index (χ0v) is 11.2. The highest BCUT2D eigenvalue weighted by molar-refractivity contribution is 5.94. The molecule has 2 rings (SSSR count). The van der Waals surface area contributed by atoms with Crippen LogP contribution in [0.2, 0.25) is 0 Å². The van der Waals surface area contributed by atoms with E-state index in [1.165, 1.54) is 0 Å². The van der Waals surface area contributed by atoms with Crippen molar-refractivity contribution in [3.05, 3.63) is 65.2 Å². The number of nitrogens with one attached hydrogen (secondary N) is 1. The molecular formula is C15H11F4NO2. The summed E-state index contributed by atoms with van der Waals surface area (Å²) in [5.41, 5.74) is -0.0492. The molecule has 0 atom stereocenters. The molecule has 0 spiro atoms. The molecule has 0 fully saturated rings. The predicted molar refractivity (Wildman–Crippen MR) is 70.5 cm³/mol. The topological polar surface area (TPSA) is 38.3 Å². The molecule has 2 aromatic rings. The third-order valence-corrected chi connectivity index (χ3v) is 2.72. The highest BCUT2D eigenvalue weighted by Gasteiger charge is 2.09. The second-order valence-electron chi connectivity index (χ2n) is 4.31. The van der Waals surface area contributed by atoms with E-state index in [-0.39, 0.29) is 24.5 Å². The Morgan fingerprint density at radius 2 is 1.73 bits per heavy atom. The van der Waals surface area contributed by atoms with Crippen molar-refractivity contribution in [2.24, 2.45) is 0 Å². The molecule has 0 aromatic heterocycles. The van der Waals surface area contributed by atoms with Crippen LogP contribution in [0.25, 0.3) is 0 Å². The van der Waals surface area contributed by atoms with E-state index in [1.54, 1.807) is 0 Å². The number of carbonyl (C=O) groups excluding carboxylic acids is 1. The van der Waals surface area contributed by atoms with Crippen molar-refractivity contribution in [3.8, 4) is 5.75 Å². The second kappa shape index (κ2) is 6.93. The maximum absolute atomic E-state index is 13.3. The van der Waals surface area contributed by atoms with Crippen molar-refractivity contribution in [2.75, 3.05) is 13.2 Å². The van der Waals surface area contributed by atoms with Gasteiger partial charge in [0.1, 0.15) is 12.4 Å². The Kier molecular flexibility index (Phi) is 4.98. The average Bonchev–Trinajstić information content (AvgIpc) is 2.48. The van der Waals surface area contributed by atoms with Crippen LogP contribution in [0.3, 0.4) is 0 Å². The number of hydrogen-bond acceptors (Lipinski definition) is 2. The van der Waals surface area contributed by atoms with Crippen LogP contribution in [0.5, 0.6) is 5.75 Å². The highest BCUT2D eigenvalue weighted by Crippen LogP contribution is 2.17. The summed E-state index contributed by atoms with van der Waals surface area (Å²) >= 11 is 0. The van der Waals surface area contributed by atoms with E-state index in [0.717, 1.165) is 30.3 Å². The monoisotopic (exact) mass is 313 g/mol. The van der Waals surface area contributed by atoms with Gasteiger partial charge < -0.3 is 10.1 Å². The quantitative estimate of drug-likeness (QED) is 0.680. The smallest absolute Gasteiger partial charge is 0.251 e. The molecule has 7 heteroatoms. The molecule has 0 bridgehead atoms. The molecule has 0 heterocycles. The lowest BCUT2D eigenvalue weighted by molar-refractivity contribution is 0.0946. The molecule has 0 aliphatic rings. The SMILES string of the molecule is O=C(NCCOc1ccc(F)cc1F)c1ccc(F)c(F)c1. The molecule has 2 aromatic carbocycles.